The molecule has 0 heterocycles. The Morgan fingerprint density at radius 2 is 1.67 bits per heavy atom. The van der Waals surface area contributed by atoms with Crippen LogP contribution in [0.25, 0.3) is 0 Å². The Balaban J connectivity index is 1.90. The first-order valence-electron chi connectivity index (χ1n) is 6.72. The van der Waals surface area contributed by atoms with Gasteiger partial charge in [-0.15, -0.1) is 0 Å². The minimum Gasteiger partial charge on any atom is -0.332 e. The van der Waals surface area contributed by atoms with E-state index >= 15 is 0 Å². The lowest BCUT2D eigenvalue weighted by Crippen LogP contribution is -2.35. The number of carbonyl (C=O) groups excluding carboxylic acids is 1. The normalized spacial score (nSPS) is 10.9. The van der Waals surface area contributed by atoms with Crippen molar-refractivity contribution < 1.29 is 13.2 Å². The molecule has 0 aliphatic heterocycles. The van der Waals surface area contributed by atoms with E-state index in [9.17, 15) is 13.2 Å². The van der Waals surface area contributed by atoms with E-state index in [4.69, 9.17) is 29.0 Å². The Bertz CT molecular complexity index is 851. The van der Waals surface area contributed by atoms with Crippen LogP contribution in [0.2, 0.25) is 5.02 Å². The van der Waals surface area contributed by atoms with Crippen LogP contribution in [-0.4, -0.2) is 19.4 Å². The summed E-state index contributed by atoms with van der Waals surface area (Å²) in [5, 5.41) is 11.1. The highest BCUT2D eigenvalue weighted by molar-refractivity contribution is 7.89. The third-order valence-electron chi connectivity index (χ3n) is 2.97. The molecule has 0 saturated heterocycles. The molecule has 0 unspecified atom stereocenters. The molecule has 0 atom stereocenters. The fourth-order valence-electron chi connectivity index (χ4n) is 1.85. The second kappa shape index (κ2) is 7.71. The number of thiocarbonyl (C=S) groups is 1. The molecule has 0 aromatic heterocycles. The van der Waals surface area contributed by atoms with Crippen LogP contribution in [0.5, 0.6) is 0 Å². The Morgan fingerprint density at radius 3 is 2.21 bits per heavy atom. The van der Waals surface area contributed by atoms with Crippen molar-refractivity contribution in [3.05, 3.63) is 59.1 Å². The number of benzene rings is 2. The van der Waals surface area contributed by atoms with Crippen LogP contribution in [0.1, 0.15) is 5.56 Å². The van der Waals surface area contributed by atoms with Gasteiger partial charge in [-0.1, -0.05) is 23.7 Å². The van der Waals surface area contributed by atoms with Crippen molar-refractivity contribution >= 4 is 50.5 Å². The maximum Gasteiger partial charge on any atom is 0.238 e. The molecule has 2 rings (SSSR count). The van der Waals surface area contributed by atoms with Crippen molar-refractivity contribution in [2.45, 2.75) is 11.3 Å². The molecule has 4 N–H and O–H groups in total. The van der Waals surface area contributed by atoms with Crippen molar-refractivity contribution in [2.24, 2.45) is 5.14 Å². The fourth-order valence-corrected chi connectivity index (χ4v) is 2.72. The summed E-state index contributed by atoms with van der Waals surface area (Å²) in [5.41, 5.74) is 1.33. The van der Waals surface area contributed by atoms with Gasteiger partial charge < -0.3 is 10.6 Å². The van der Waals surface area contributed by atoms with Gasteiger partial charge in [-0.2, -0.15) is 0 Å². The maximum atomic E-state index is 11.9. The molecule has 0 bridgehead atoms. The largest absolute Gasteiger partial charge is 0.332 e. The van der Waals surface area contributed by atoms with E-state index in [0.29, 0.717) is 10.7 Å². The fraction of sp³-hybridized carbons (Fsp3) is 0.0667. The van der Waals surface area contributed by atoms with Gasteiger partial charge >= 0.3 is 0 Å². The third kappa shape index (κ3) is 5.57. The Hall–Kier alpha value is -2.00. The van der Waals surface area contributed by atoms with Crippen molar-refractivity contribution in [3.63, 3.8) is 0 Å². The number of anilines is 1. The van der Waals surface area contributed by atoms with E-state index in [-0.39, 0.29) is 22.3 Å². The average Bonchev–Trinajstić information content (AvgIpc) is 2.49. The van der Waals surface area contributed by atoms with E-state index in [0.717, 1.165) is 5.56 Å². The highest BCUT2D eigenvalue weighted by Gasteiger charge is 2.09. The van der Waals surface area contributed by atoms with E-state index in [1.807, 2.05) is 0 Å². The molecule has 0 spiro atoms. The maximum absolute atomic E-state index is 11.9. The average molecular weight is 384 g/mol. The second-order valence-corrected chi connectivity index (χ2v) is 7.28. The van der Waals surface area contributed by atoms with Gasteiger partial charge in [0.15, 0.2) is 5.11 Å². The summed E-state index contributed by atoms with van der Waals surface area (Å²) >= 11 is 10.8. The molecule has 2 aromatic rings. The Morgan fingerprint density at radius 1 is 1.08 bits per heavy atom. The molecular formula is C15H14ClN3O3S2. The SMILES string of the molecule is NS(=O)(=O)c1ccc(NC(=S)NC(=O)Cc2ccc(Cl)cc2)cc1. The van der Waals surface area contributed by atoms with Crippen LogP contribution in [0.15, 0.2) is 53.4 Å². The Labute approximate surface area is 150 Å². The van der Waals surface area contributed by atoms with Gasteiger partial charge in [-0.3, -0.25) is 4.79 Å². The van der Waals surface area contributed by atoms with E-state index in [1.54, 1.807) is 24.3 Å². The van der Waals surface area contributed by atoms with Crippen molar-refractivity contribution in [3.8, 4) is 0 Å². The van der Waals surface area contributed by atoms with Crippen LogP contribution in [0.3, 0.4) is 0 Å². The number of amides is 1. The molecule has 0 fully saturated rings. The molecule has 0 saturated carbocycles. The quantitative estimate of drug-likeness (QED) is 0.701. The third-order valence-corrected chi connectivity index (χ3v) is 4.36. The van der Waals surface area contributed by atoms with E-state index < -0.39 is 10.0 Å². The van der Waals surface area contributed by atoms with Gasteiger partial charge in [0.05, 0.1) is 11.3 Å². The summed E-state index contributed by atoms with van der Waals surface area (Å²) in [7, 11) is -3.74. The molecule has 24 heavy (non-hydrogen) atoms. The van der Waals surface area contributed by atoms with Crippen LogP contribution < -0.4 is 15.8 Å². The summed E-state index contributed by atoms with van der Waals surface area (Å²) in [5.74, 6) is -0.282. The molecule has 126 valence electrons. The number of nitrogens with one attached hydrogen (secondary N) is 2. The monoisotopic (exact) mass is 383 g/mol. The van der Waals surface area contributed by atoms with Gasteiger partial charge in [-0.25, -0.2) is 13.6 Å². The zero-order valence-electron chi connectivity index (χ0n) is 12.3. The zero-order valence-corrected chi connectivity index (χ0v) is 14.7. The van der Waals surface area contributed by atoms with Gasteiger partial charge in [0.2, 0.25) is 15.9 Å². The standard InChI is InChI=1S/C15H14ClN3O3S2/c16-11-3-1-10(2-4-11)9-14(20)19-15(23)18-12-5-7-13(8-6-12)24(17,21)22/h1-8H,9H2,(H2,17,21,22)(H2,18,19,20,23). The molecule has 9 heteroatoms. The molecule has 0 aliphatic rings. The number of hydrogen-bond acceptors (Lipinski definition) is 4. The molecular weight excluding hydrogens is 370 g/mol. The number of halogens is 1. The lowest BCUT2D eigenvalue weighted by Gasteiger charge is -2.10. The number of carbonyl (C=O) groups is 1. The molecule has 2 aromatic carbocycles. The zero-order chi connectivity index (χ0) is 17.7. The number of rotatable bonds is 4. The molecule has 1 amide bonds. The first-order valence-corrected chi connectivity index (χ1v) is 9.05. The topological polar surface area (TPSA) is 101 Å². The molecule has 6 nitrogen and oxygen atoms in total. The van der Waals surface area contributed by atoms with Gasteiger partial charge in [0.1, 0.15) is 0 Å². The van der Waals surface area contributed by atoms with E-state index in [2.05, 4.69) is 10.6 Å². The predicted molar refractivity (Wildman–Crippen MR) is 97.3 cm³/mol. The van der Waals surface area contributed by atoms with Gasteiger partial charge in [0.25, 0.3) is 0 Å². The van der Waals surface area contributed by atoms with Gasteiger partial charge in [0, 0.05) is 10.7 Å². The van der Waals surface area contributed by atoms with Crippen LogP contribution >= 0.6 is 23.8 Å². The Kier molecular flexibility index (Phi) is 5.89. The molecule has 0 aliphatic carbocycles. The lowest BCUT2D eigenvalue weighted by atomic mass is 10.1. The summed E-state index contributed by atoms with van der Waals surface area (Å²) in [6, 6.07) is 12.6. The highest BCUT2D eigenvalue weighted by atomic mass is 35.5. The molecule has 0 radical (unpaired) electrons. The number of primary sulfonamides is 1. The smallest absolute Gasteiger partial charge is 0.238 e. The van der Waals surface area contributed by atoms with Crippen molar-refractivity contribution in [1.82, 2.24) is 5.32 Å². The van der Waals surface area contributed by atoms with Crippen molar-refractivity contribution in [2.75, 3.05) is 5.32 Å². The minimum absolute atomic E-state index is 0.00857. The second-order valence-electron chi connectivity index (χ2n) is 4.87. The minimum atomic E-state index is -3.74. The van der Waals surface area contributed by atoms with Crippen LogP contribution in [0.4, 0.5) is 5.69 Å². The summed E-state index contributed by atoms with van der Waals surface area (Å²) in [6.45, 7) is 0. The number of hydrogen-bond donors (Lipinski definition) is 3. The summed E-state index contributed by atoms with van der Waals surface area (Å²) in [6.07, 6.45) is 0.156. The van der Waals surface area contributed by atoms with Crippen molar-refractivity contribution in [1.29, 1.82) is 0 Å². The van der Waals surface area contributed by atoms with E-state index in [1.165, 1.54) is 24.3 Å². The lowest BCUT2D eigenvalue weighted by molar-refractivity contribution is -0.119. The summed E-state index contributed by atoms with van der Waals surface area (Å²) < 4.78 is 22.3. The van der Waals surface area contributed by atoms with Crippen LogP contribution in [0, 0.1) is 0 Å². The number of sulfonamides is 1. The predicted octanol–water partition coefficient (Wildman–Crippen LogP) is 2.04. The summed E-state index contributed by atoms with van der Waals surface area (Å²) in [4.78, 5) is 11.9. The highest BCUT2D eigenvalue weighted by Crippen LogP contribution is 2.13. The van der Waals surface area contributed by atoms with Crippen LogP contribution in [-0.2, 0) is 21.2 Å². The first-order chi connectivity index (χ1) is 11.2. The van der Waals surface area contributed by atoms with Gasteiger partial charge in [-0.05, 0) is 54.2 Å². The number of nitrogens with two attached hydrogens (primary N) is 1. The first kappa shape index (κ1) is 18.3.